The summed E-state index contributed by atoms with van der Waals surface area (Å²) in [6.07, 6.45) is 17.8. The fraction of sp³-hybridized carbons (Fsp3) is 0.500. The maximum absolute atomic E-state index is 8.66. The molecule has 3 rings (SSSR count). The van der Waals surface area contributed by atoms with Gasteiger partial charge in [0.2, 0.25) is 0 Å². The molecule has 0 saturated carbocycles. The molecular formula is C22H27NO. The van der Waals surface area contributed by atoms with E-state index in [1.54, 1.807) is 0 Å². The third kappa shape index (κ3) is 4.09. The van der Waals surface area contributed by atoms with Crippen molar-refractivity contribution in [1.82, 2.24) is 0 Å². The van der Waals surface area contributed by atoms with Gasteiger partial charge < -0.3 is 4.74 Å². The molecule has 0 bridgehead atoms. The molecule has 2 aliphatic rings. The van der Waals surface area contributed by atoms with Crippen molar-refractivity contribution in [2.24, 2.45) is 11.3 Å². The second kappa shape index (κ2) is 8.20. The highest BCUT2D eigenvalue weighted by atomic mass is 16.5. The second-order valence-corrected chi connectivity index (χ2v) is 7.14. The maximum Gasteiger partial charge on any atom is 0.0970 e. The Morgan fingerprint density at radius 3 is 2.58 bits per heavy atom. The molecule has 2 unspecified atom stereocenters. The number of ether oxygens (including phenoxy) is 1. The molecule has 0 aromatic heterocycles. The molecule has 1 aliphatic heterocycles. The van der Waals surface area contributed by atoms with Crippen LogP contribution in [0.25, 0.3) is 0 Å². The maximum atomic E-state index is 8.66. The van der Waals surface area contributed by atoms with Gasteiger partial charge in [0.25, 0.3) is 0 Å². The molecular weight excluding hydrogens is 294 g/mol. The predicted molar refractivity (Wildman–Crippen MR) is 97.3 cm³/mol. The first-order chi connectivity index (χ1) is 11.8. The number of nitrogens with zero attached hydrogens (tertiary/aromatic N) is 1. The molecule has 126 valence electrons. The molecule has 24 heavy (non-hydrogen) atoms. The zero-order chi connectivity index (χ0) is 16.7. The predicted octanol–water partition coefficient (Wildman–Crippen LogP) is 5.35. The van der Waals surface area contributed by atoms with Crippen molar-refractivity contribution in [2.45, 2.75) is 51.4 Å². The molecule has 1 aromatic rings. The van der Waals surface area contributed by atoms with Gasteiger partial charge in [0.05, 0.1) is 18.9 Å². The zero-order valence-corrected chi connectivity index (χ0v) is 14.4. The highest BCUT2D eigenvalue weighted by Gasteiger charge is 2.38. The highest BCUT2D eigenvalue weighted by Crippen LogP contribution is 2.43. The Hall–Kier alpha value is -2.01. The van der Waals surface area contributed by atoms with Crippen LogP contribution in [0.1, 0.15) is 49.7 Å². The fourth-order valence-corrected chi connectivity index (χ4v) is 3.99. The summed E-state index contributed by atoms with van der Waals surface area (Å²) in [5, 5.41) is 8.66. The van der Waals surface area contributed by atoms with Crippen LogP contribution in [0.2, 0.25) is 0 Å². The van der Waals surface area contributed by atoms with E-state index in [1.165, 1.54) is 43.2 Å². The Morgan fingerprint density at radius 2 is 1.96 bits per heavy atom. The molecule has 2 atom stereocenters. The van der Waals surface area contributed by atoms with Crippen molar-refractivity contribution < 1.29 is 4.74 Å². The molecule has 0 saturated heterocycles. The molecule has 1 heterocycles. The number of hydrogen-bond donors (Lipinski definition) is 0. The standard InChI is InChI=1S/C22H27NO/c23-16-5-7-20-12-10-19(11-13-20)6-4-14-22(15-17-24-18-22)21-8-2-1-3-9-21/h2,8,10-13,15,17,21H,1,3-7,9,14,18H2. The van der Waals surface area contributed by atoms with Gasteiger partial charge in [0.1, 0.15) is 0 Å². The average molecular weight is 321 g/mol. The number of benzene rings is 1. The molecule has 0 radical (unpaired) electrons. The van der Waals surface area contributed by atoms with Gasteiger partial charge in [-0.15, -0.1) is 0 Å². The summed E-state index contributed by atoms with van der Waals surface area (Å²) in [7, 11) is 0. The van der Waals surface area contributed by atoms with Gasteiger partial charge in [-0.1, -0.05) is 36.4 Å². The molecule has 0 N–H and O–H groups in total. The summed E-state index contributed by atoms with van der Waals surface area (Å²) < 4.78 is 5.63. The van der Waals surface area contributed by atoms with E-state index < -0.39 is 0 Å². The second-order valence-electron chi connectivity index (χ2n) is 7.14. The van der Waals surface area contributed by atoms with Crippen LogP contribution in [0.4, 0.5) is 0 Å². The Morgan fingerprint density at radius 1 is 1.17 bits per heavy atom. The number of aryl methyl sites for hydroxylation is 2. The summed E-state index contributed by atoms with van der Waals surface area (Å²) in [5.74, 6) is 0.637. The lowest BCUT2D eigenvalue weighted by molar-refractivity contribution is 0.129. The Labute approximate surface area is 145 Å². The molecule has 0 fully saturated rings. The van der Waals surface area contributed by atoms with E-state index in [0.717, 1.165) is 19.4 Å². The molecule has 0 amide bonds. The van der Waals surface area contributed by atoms with Gasteiger partial charge in [-0.05, 0) is 68.1 Å². The summed E-state index contributed by atoms with van der Waals surface area (Å²) in [5.41, 5.74) is 2.87. The topological polar surface area (TPSA) is 33.0 Å². The smallest absolute Gasteiger partial charge is 0.0970 e. The SMILES string of the molecule is N#CCCc1ccc(CCCC2(C3C=CCCC3)C=COC2)cc1. The minimum absolute atomic E-state index is 0.212. The van der Waals surface area contributed by atoms with Gasteiger partial charge in [-0.3, -0.25) is 0 Å². The number of nitriles is 1. The van der Waals surface area contributed by atoms with E-state index >= 15 is 0 Å². The van der Waals surface area contributed by atoms with E-state index in [1.807, 2.05) is 6.26 Å². The van der Waals surface area contributed by atoms with Crippen LogP contribution >= 0.6 is 0 Å². The summed E-state index contributed by atoms with van der Waals surface area (Å²) in [4.78, 5) is 0. The van der Waals surface area contributed by atoms with Crippen LogP contribution in [0, 0.1) is 22.7 Å². The van der Waals surface area contributed by atoms with E-state index in [0.29, 0.717) is 12.3 Å². The van der Waals surface area contributed by atoms with Gasteiger partial charge in [0, 0.05) is 11.8 Å². The van der Waals surface area contributed by atoms with Crippen molar-refractivity contribution in [3.8, 4) is 6.07 Å². The van der Waals surface area contributed by atoms with Crippen LogP contribution in [0.5, 0.6) is 0 Å². The average Bonchev–Trinajstić information content (AvgIpc) is 3.12. The first-order valence-electron chi connectivity index (χ1n) is 9.23. The quantitative estimate of drug-likeness (QED) is 0.634. The normalized spacial score (nSPS) is 25.4. The summed E-state index contributed by atoms with van der Waals surface area (Å²) in [6.45, 7) is 0.842. The minimum atomic E-state index is 0.212. The third-order valence-corrected chi connectivity index (χ3v) is 5.50. The van der Waals surface area contributed by atoms with Crippen LogP contribution in [0.3, 0.4) is 0 Å². The Bertz CT molecular complexity index is 622. The Balaban J connectivity index is 1.54. The van der Waals surface area contributed by atoms with Crippen LogP contribution in [-0.2, 0) is 17.6 Å². The van der Waals surface area contributed by atoms with Crippen LogP contribution in [0.15, 0.2) is 48.8 Å². The van der Waals surface area contributed by atoms with E-state index in [9.17, 15) is 0 Å². The zero-order valence-electron chi connectivity index (χ0n) is 14.4. The lowest BCUT2D eigenvalue weighted by atomic mass is 9.69. The molecule has 1 aromatic carbocycles. The molecule has 0 spiro atoms. The molecule has 2 nitrogen and oxygen atoms in total. The molecule has 1 aliphatic carbocycles. The van der Waals surface area contributed by atoms with Crippen molar-refractivity contribution in [3.63, 3.8) is 0 Å². The van der Waals surface area contributed by atoms with Crippen molar-refractivity contribution >= 4 is 0 Å². The highest BCUT2D eigenvalue weighted by molar-refractivity contribution is 5.23. The molecule has 2 heteroatoms. The lowest BCUT2D eigenvalue weighted by Crippen LogP contribution is -2.30. The number of rotatable bonds is 7. The van der Waals surface area contributed by atoms with E-state index in [-0.39, 0.29) is 5.41 Å². The van der Waals surface area contributed by atoms with Gasteiger partial charge in [-0.2, -0.15) is 5.26 Å². The van der Waals surface area contributed by atoms with E-state index in [4.69, 9.17) is 10.00 Å². The third-order valence-electron chi connectivity index (χ3n) is 5.50. The van der Waals surface area contributed by atoms with Gasteiger partial charge in [-0.25, -0.2) is 0 Å². The van der Waals surface area contributed by atoms with E-state index in [2.05, 4.69) is 48.6 Å². The minimum Gasteiger partial charge on any atom is -0.501 e. The lowest BCUT2D eigenvalue weighted by Gasteiger charge is -2.35. The fourth-order valence-electron chi connectivity index (χ4n) is 3.99. The van der Waals surface area contributed by atoms with Gasteiger partial charge in [0.15, 0.2) is 0 Å². The monoisotopic (exact) mass is 321 g/mol. The largest absolute Gasteiger partial charge is 0.501 e. The Kier molecular flexibility index (Phi) is 5.75. The van der Waals surface area contributed by atoms with Crippen molar-refractivity contribution in [2.75, 3.05) is 6.61 Å². The summed E-state index contributed by atoms with van der Waals surface area (Å²) in [6, 6.07) is 11.0. The van der Waals surface area contributed by atoms with Crippen LogP contribution in [-0.4, -0.2) is 6.61 Å². The van der Waals surface area contributed by atoms with Crippen LogP contribution < -0.4 is 0 Å². The number of hydrogen-bond acceptors (Lipinski definition) is 2. The number of allylic oxidation sites excluding steroid dienone is 2. The first-order valence-corrected chi connectivity index (χ1v) is 9.23. The van der Waals surface area contributed by atoms with Crippen molar-refractivity contribution in [3.05, 3.63) is 59.9 Å². The summed E-state index contributed by atoms with van der Waals surface area (Å²) >= 11 is 0. The van der Waals surface area contributed by atoms with Crippen molar-refractivity contribution in [1.29, 1.82) is 5.26 Å². The van der Waals surface area contributed by atoms with Gasteiger partial charge >= 0.3 is 0 Å². The first kappa shape index (κ1) is 16.8.